The number of benzene rings is 2. The number of hydrogen-bond donors (Lipinski definition) is 1. The van der Waals surface area contributed by atoms with Crippen molar-refractivity contribution >= 4 is 64.0 Å². The molecule has 1 N–H and O–H groups in total. The van der Waals surface area contributed by atoms with Gasteiger partial charge in [-0.2, -0.15) is 0 Å². The number of hydrogen-bond acceptors (Lipinski definition) is 9. The highest BCUT2D eigenvalue weighted by molar-refractivity contribution is 6.40. The molecule has 0 spiro atoms. The monoisotopic (exact) mass is 696 g/mol. The molecule has 0 aliphatic carbocycles. The molecule has 1 fully saturated rings. The molecule has 1 saturated heterocycles. The Morgan fingerprint density at radius 3 is 2.07 bits per heavy atom. The maximum Gasteiger partial charge on any atom is 0.335 e. The lowest BCUT2D eigenvalue weighted by Gasteiger charge is -2.25. The Balaban J connectivity index is 1.79. The van der Waals surface area contributed by atoms with Gasteiger partial charge in [0.2, 0.25) is 0 Å². The first-order valence-electron chi connectivity index (χ1n) is 12.5. The van der Waals surface area contributed by atoms with Crippen molar-refractivity contribution in [1.82, 2.24) is 9.13 Å². The second kappa shape index (κ2) is 14.2. The van der Waals surface area contributed by atoms with E-state index in [9.17, 15) is 19.5 Å². The zero-order valence-electron chi connectivity index (χ0n) is 22.8. The fraction of sp³-hybridized carbons (Fsp3) is 0.370. The minimum Gasteiger partial charge on any atom is -0.497 e. The molecule has 0 amide bonds. The smallest absolute Gasteiger partial charge is 0.335 e. The number of halogens is 5. The summed E-state index contributed by atoms with van der Waals surface area (Å²) < 4.78 is 29.7. The summed E-state index contributed by atoms with van der Waals surface area (Å²) in [6, 6.07) is 6.95. The number of aromatic nitrogens is 2. The van der Waals surface area contributed by atoms with Gasteiger partial charge < -0.3 is 28.8 Å². The summed E-state index contributed by atoms with van der Waals surface area (Å²) in [5, 5.41) is 10.5. The average molecular weight is 699 g/mol. The van der Waals surface area contributed by atoms with Crippen LogP contribution in [0.4, 0.5) is 0 Å². The quantitative estimate of drug-likeness (QED) is 0.295. The van der Waals surface area contributed by atoms with Crippen LogP contribution in [0.15, 0.2) is 46.1 Å². The highest BCUT2D eigenvalue weighted by atomic mass is 35.5. The van der Waals surface area contributed by atoms with Gasteiger partial charge in [-0.25, -0.2) is 9.36 Å². The van der Waals surface area contributed by atoms with Crippen molar-refractivity contribution < 1.29 is 33.6 Å². The highest BCUT2D eigenvalue weighted by Crippen LogP contribution is 2.44. The summed E-state index contributed by atoms with van der Waals surface area (Å²) in [6.07, 6.45) is -4.22. The number of aliphatic hydroxyl groups is 1. The summed E-state index contributed by atoms with van der Waals surface area (Å²) in [5.41, 5.74) is -1.18. The molecule has 11 nitrogen and oxygen atoms in total. The van der Waals surface area contributed by atoms with E-state index in [2.05, 4.69) is 0 Å². The molecule has 4 rings (SSSR count). The fourth-order valence-electron chi connectivity index (χ4n) is 4.72. The van der Waals surface area contributed by atoms with Crippen LogP contribution in [0.25, 0.3) is 0 Å². The third-order valence-electron chi connectivity index (χ3n) is 6.64. The fourth-order valence-corrected chi connectivity index (χ4v) is 6.40. The van der Waals surface area contributed by atoms with E-state index in [4.69, 9.17) is 81.7 Å². The van der Waals surface area contributed by atoms with E-state index in [0.717, 1.165) is 15.2 Å². The van der Waals surface area contributed by atoms with Gasteiger partial charge >= 0.3 is 11.7 Å². The second-order valence-electron chi connectivity index (χ2n) is 9.26. The largest absolute Gasteiger partial charge is 0.497 e. The SMILES string of the molecule is COc1cc(Cl)c(C(OCn2c(=O)ccn([C@@H]3O[C@H](CO)[C@@H](OC)[C@H]3OC(C)=O)c2=O)c2c(Cl)cc(Cl)cc2Cl)c(Cl)c1. The zero-order valence-corrected chi connectivity index (χ0v) is 26.5. The Hall–Kier alpha value is -2.32. The Morgan fingerprint density at radius 1 is 0.977 bits per heavy atom. The summed E-state index contributed by atoms with van der Waals surface area (Å²) in [6.45, 7) is 0.0490. The summed E-state index contributed by atoms with van der Waals surface area (Å²) in [5.74, 6) is -0.306. The lowest BCUT2D eigenvalue weighted by atomic mass is 10.0. The number of carbonyl (C=O) groups excluding carboxylic acids is 1. The maximum absolute atomic E-state index is 13.7. The van der Waals surface area contributed by atoms with Crippen LogP contribution >= 0.6 is 58.0 Å². The molecule has 2 heterocycles. The standard InChI is InChI=1S/C27H25Cl5N2O9/c1-12(36)42-25-23(40-3)19(10-35)43-26(25)33-5-4-20(37)34(27(33)38)11-41-24(21-15(29)6-13(28)7-16(21)30)22-17(31)8-14(39-2)9-18(22)32/h4-9,19,23-26,35H,10-11H2,1-3H3/t19-,23-,24?,25-,26-/m1/s1. The highest BCUT2D eigenvalue weighted by Gasteiger charge is 2.48. The zero-order chi connectivity index (χ0) is 31.6. The third-order valence-corrected chi connectivity index (χ3v) is 8.11. The average Bonchev–Trinajstić information content (AvgIpc) is 3.27. The van der Waals surface area contributed by atoms with E-state index in [1.54, 1.807) is 0 Å². The topological polar surface area (TPSA) is 127 Å². The van der Waals surface area contributed by atoms with E-state index in [1.165, 1.54) is 51.6 Å². The number of carbonyl (C=O) groups is 1. The summed E-state index contributed by atoms with van der Waals surface area (Å²) >= 11 is 32.3. The second-order valence-corrected chi connectivity index (χ2v) is 11.3. The Kier molecular flexibility index (Phi) is 11.1. The van der Waals surface area contributed by atoms with Gasteiger partial charge in [0.05, 0.1) is 23.8 Å². The molecule has 43 heavy (non-hydrogen) atoms. The predicted octanol–water partition coefficient (Wildman–Crippen LogP) is 4.89. The first-order valence-corrected chi connectivity index (χ1v) is 14.4. The van der Waals surface area contributed by atoms with E-state index < -0.39 is 61.2 Å². The van der Waals surface area contributed by atoms with Crippen molar-refractivity contribution in [1.29, 1.82) is 0 Å². The van der Waals surface area contributed by atoms with E-state index >= 15 is 0 Å². The van der Waals surface area contributed by atoms with Crippen molar-refractivity contribution in [2.75, 3.05) is 20.8 Å². The summed E-state index contributed by atoms with van der Waals surface area (Å²) in [4.78, 5) is 38.4. The Morgan fingerprint density at radius 2 is 1.56 bits per heavy atom. The van der Waals surface area contributed by atoms with Crippen molar-refractivity contribution in [3.63, 3.8) is 0 Å². The van der Waals surface area contributed by atoms with Crippen LogP contribution in [0.1, 0.15) is 30.4 Å². The van der Waals surface area contributed by atoms with Gasteiger partial charge in [0.25, 0.3) is 5.56 Å². The Bertz CT molecular complexity index is 1580. The van der Waals surface area contributed by atoms with Crippen LogP contribution in [-0.2, 0) is 30.5 Å². The molecule has 0 saturated carbocycles. The first-order chi connectivity index (χ1) is 20.4. The molecule has 1 aliphatic heterocycles. The van der Waals surface area contributed by atoms with E-state index in [1.807, 2.05) is 0 Å². The molecule has 1 aliphatic rings. The molecular formula is C27H25Cl5N2O9. The molecule has 1 unspecified atom stereocenters. The first kappa shape index (κ1) is 33.6. The molecule has 0 radical (unpaired) electrons. The van der Waals surface area contributed by atoms with Crippen LogP contribution in [0.2, 0.25) is 25.1 Å². The molecule has 2 aromatic carbocycles. The number of esters is 1. The molecule has 16 heteroatoms. The number of rotatable bonds is 10. The van der Waals surface area contributed by atoms with Gasteiger partial charge in [-0.3, -0.25) is 14.2 Å². The molecule has 5 atom stereocenters. The van der Waals surface area contributed by atoms with Gasteiger partial charge in [0.15, 0.2) is 12.3 Å². The van der Waals surface area contributed by atoms with E-state index in [0.29, 0.717) is 5.75 Å². The van der Waals surface area contributed by atoms with Gasteiger partial charge in [-0.15, -0.1) is 0 Å². The van der Waals surface area contributed by atoms with Crippen LogP contribution in [0, 0.1) is 0 Å². The number of nitrogens with zero attached hydrogens (tertiary/aromatic N) is 2. The van der Waals surface area contributed by atoms with Crippen molar-refractivity contribution in [3.8, 4) is 5.75 Å². The van der Waals surface area contributed by atoms with Crippen molar-refractivity contribution in [2.45, 2.75) is 44.3 Å². The van der Waals surface area contributed by atoms with Gasteiger partial charge in [-0.05, 0) is 24.3 Å². The van der Waals surface area contributed by atoms with Crippen LogP contribution in [0.3, 0.4) is 0 Å². The molecular weight excluding hydrogens is 674 g/mol. The summed E-state index contributed by atoms with van der Waals surface area (Å²) in [7, 11) is 2.78. The number of methoxy groups -OCH3 is 2. The lowest BCUT2D eigenvalue weighted by Crippen LogP contribution is -2.44. The number of aliphatic hydroxyl groups excluding tert-OH is 1. The predicted molar refractivity (Wildman–Crippen MR) is 160 cm³/mol. The van der Waals surface area contributed by atoms with Gasteiger partial charge in [-0.1, -0.05) is 58.0 Å². The van der Waals surface area contributed by atoms with Gasteiger partial charge in [0.1, 0.15) is 30.8 Å². The molecule has 232 valence electrons. The lowest BCUT2D eigenvalue weighted by molar-refractivity contribution is -0.157. The molecule has 0 bridgehead atoms. The van der Waals surface area contributed by atoms with Crippen LogP contribution in [0.5, 0.6) is 5.75 Å². The molecule has 1 aromatic heterocycles. The Labute approximate surface area is 270 Å². The van der Waals surface area contributed by atoms with Crippen LogP contribution in [-0.4, -0.2) is 59.3 Å². The van der Waals surface area contributed by atoms with Crippen LogP contribution < -0.4 is 16.0 Å². The van der Waals surface area contributed by atoms with Gasteiger partial charge in [0, 0.05) is 52.5 Å². The third kappa shape index (κ3) is 7.00. The maximum atomic E-state index is 13.7. The minimum absolute atomic E-state index is 0.104. The normalized spacial score (nSPS) is 20.7. The van der Waals surface area contributed by atoms with E-state index in [-0.39, 0.29) is 36.2 Å². The molecule has 3 aromatic rings. The minimum atomic E-state index is -1.24. The van der Waals surface area contributed by atoms with Crippen molar-refractivity contribution in [3.05, 3.63) is 93.6 Å². The number of ether oxygens (including phenoxy) is 5. The van der Waals surface area contributed by atoms with Crippen molar-refractivity contribution in [2.24, 2.45) is 0 Å².